The average Bonchev–Trinajstić information content (AvgIpc) is 2.76. The zero-order valence-electron chi connectivity index (χ0n) is 18.8. The Morgan fingerprint density at radius 2 is 1.40 bits per heavy atom. The van der Waals surface area contributed by atoms with E-state index < -0.39 is 0 Å². The molecule has 0 aromatic heterocycles. The first-order valence-corrected chi connectivity index (χ1v) is 10.3. The molecule has 0 aliphatic carbocycles. The van der Waals surface area contributed by atoms with Crippen molar-refractivity contribution in [3.63, 3.8) is 0 Å². The molecule has 0 fully saturated rings. The molecule has 0 bridgehead atoms. The van der Waals surface area contributed by atoms with E-state index in [2.05, 4.69) is 125 Å². The molecule has 0 spiro atoms. The minimum atomic E-state index is 0.867. The summed E-state index contributed by atoms with van der Waals surface area (Å²) in [5.41, 5.74) is 6.15. The van der Waals surface area contributed by atoms with E-state index >= 15 is 0 Å². The molecule has 0 saturated heterocycles. The van der Waals surface area contributed by atoms with Crippen molar-refractivity contribution in [2.45, 2.75) is 6.92 Å². The molecule has 0 N–H and O–H groups in total. The predicted molar refractivity (Wildman–Crippen MR) is 133 cm³/mol. The van der Waals surface area contributed by atoms with E-state index in [4.69, 9.17) is 0 Å². The number of nitrogens with zero attached hydrogens (tertiary/aromatic N) is 3. The van der Waals surface area contributed by atoms with Crippen LogP contribution in [-0.2, 0) is 0 Å². The Bertz CT molecular complexity index is 1100. The third-order valence-electron chi connectivity index (χ3n) is 5.76. The molecule has 0 aliphatic rings. The van der Waals surface area contributed by atoms with Gasteiger partial charge in [0, 0.05) is 26.0 Å². The first kappa shape index (κ1) is 21.5. The molecule has 0 radical (unpaired) electrons. The van der Waals surface area contributed by atoms with Gasteiger partial charge in [-0.3, -0.25) is 9.48 Å². The fourth-order valence-electron chi connectivity index (χ4n) is 3.48. The van der Waals surface area contributed by atoms with Gasteiger partial charge in [-0.05, 0) is 77.2 Å². The summed E-state index contributed by atoms with van der Waals surface area (Å²) in [4.78, 5) is 6.00. The lowest BCUT2D eigenvalue weighted by Gasteiger charge is -2.27. The Morgan fingerprint density at radius 1 is 0.867 bits per heavy atom. The molecule has 3 aromatic carbocycles. The lowest BCUT2D eigenvalue weighted by molar-refractivity contribution is 0.421. The summed E-state index contributed by atoms with van der Waals surface area (Å²) in [6.45, 7) is 6.82. The summed E-state index contributed by atoms with van der Waals surface area (Å²) in [6, 6.07) is 26.2. The highest BCUT2D eigenvalue weighted by molar-refractivity contribution is 5.80. The van der Waals surface area contributed by atoms with Crippen LogP contribution in [0.5, 0.6) is 0 Å². The zero-order chi connectivity index (χ0) is 21.7. The molecule has 30 heavy (non-hydrogen) atoms. The third kappa shape index (κ3) is 4.69. The molecule has 0 amide bonds. The summed E-state index contributed by atoms with van der Waals surface area (Å²) < 4.78 is 0.867. The molecular formula is C27H32N3+. The Kier molecular flexibility index (Phi) is 6.53. The summed E-state index contributed by atoms with van der Waals surface area (Å²) in [5.74, 6) is 0. The van der Waals surface area contributed by atoms with Crippen molar-refractivity contribution in [3.05, 3.63) is 94.4 Å². The van der Waals surface area contributed by atoms with Crippen LogP contribution in [0.4, 0.5) is 11.4 Å². The van der Waals surface area contributed by atoms with Crippen LogP contribution in [0.25, 0.3) is 11.8 Å². The van der Waals surface area contributed by atoms with Gasteiger partial charge < -0.3 is 4.90 Å². The molecule has 3 rings (SSSR count). The fraction of sp³-hybridized carbons (Fsp3) is 0.222. The largest absolute Gasteiger partial charge is 0.378 e. The molecule has 0 heterocycles. The van der Waals surface area contributed by atoms with Gasteiger partial charge >= 0.3 is 0 Å². The lowest BCUT2D eigenvalue weighted by atomic mass is 9.94. The first-order valence-electron chi connectivity index (χ1n) is 10.3. The van der Waals surface area contributed by atoms with Crippen LogP contribution in [0.1, 0.15) is 18.1 Å². The van der Waals surface area contributed by atoms with Crippen LogP contribution >= 0.6 is 0 Å². The Balaban J connectivity index is 2.19. The minimum Gasteiger partial charge on any atom is -0.378 e. The fourth-order valence-corrected chi connectivity index (χ4v) is 3.48. The van der Waals surface area contributed by atoms with E-state index in [1.54, 1.807) is 6.20 Å². The topological polar surface area (TPSA) is 15.6 Å². The average molecular weight is 399 g/mol. The van der Waals surface area contributed by atoms with Crippen molar-refractivity contribution in [1.82, 2.24) is 4.48 Å². The van der Waals surface area contributed by atoms with Crippen LogP contribution in [0.15, 0.2) is 77.8 Å². The second-order valence-corrected chi connectivity index (χ2v) is 8.30. The highest BCUT2D eigenvalue weighted by Crippen LogP contribution is 2.26. The Morgan fingerprint density at radius 3 is 1.87 bits per heavy atom. The van der Waals surface area contributed by atoms with E-state index in [9.17, 15) is 0 Å². The molecule has 3 nitrogen and oxygen atoms in total. The number of hydrogen-bond acceptors (Lipinski definition) is 2. The number of anilines is 1. The molecule has 154 valence electrons. The van der Waals surface area contributed by atoms with Gasteiger partial charge in [0.2, 0.25) is 0 Å². The molecular weight excluding hydrogens is 366 g/mol. The zero-order valence-corrected chi connectivity index (χ0v) is 18.8. The van der Waals surface area contributed by atoms with Gasteiger partial charge in [-0.25, -0.2) is 0 Å². The van der Waals surface area contributed by atoms with Gasteiger partial charge in [-0.15, -0.1) is 0 Å². The van der Waals surface area contributed by atoms with Gasteiger partial charge in [0.05, 0.1) is 20.6 Å². The maximum absolute atomic E-state index is 3.88. The van der Waals surface area contributed by atoms with E-state index in [1.807, 2.05) is 0 Å². The molecule has 0 saturated carbocycles. The highest BCUT2D eigenvalue weighted by atomic mass is 15.3. The van der Waals surface area contributed by atoms with Gasteiger partial charge in [0.15, 0.2) is 0 Å². The molecule has 0 aliphatic heterocycles. The normalized spacial score (nSPS) is 11.1. The maximum Gasteiger partial charge on any atom is 0.132 e. The van der Waals surface area contributed by atoms with Crippen molar-refractivity contribution in [2.75, 3.05) is 39.6 Å². The van der Waals surface area contributed by atoms with Crippen LogP contribution in [0.3, 0.4) is 0 Å². The van der Waals surface area contributed by atoms with Crippen LogP contribution in [0.2, 0.25) is 0 Å². The first-order chi connectivity index (χ1) is 14.4. The van der Waals surface area contributed by atoms with Crippen LogP contribution in [-0.4, -0.2) is 41.5 Å². The Hall–Kier alpha value is -3.17. The maximum atomic E-state index is 3.88. The van der Waals surface area contributed by atoms with Crippen molar-refractivity contribution in [2.24, 2.45) is 4.99 Å². The second-order valence-electron chi connectivity index (χ2n) is 8.30. The van der Waals surface area contributed by atoms with Crippen LogP contribution < -0.4 is 19.8 Å². The number of benzene rings is 3. The quantitative estimate of drug-likeness (QED) is 0.452. The smallest absolute Gasteiger partial charge is 0.132 e. The van der Waals surface area contributed by atoms with Crippen LogP contribution in [0, 0.1) is 0 Å². The molecule has 3 heteroatoms. The van der Waals surface area contributed by atoms with Gasteiger partial charge in [-0.2, -0.15) is 0 Å². The number of rotatable bonds is 6. The molecule has 0 unspecified atom stereocenters. The van der Waals surface area contributed by atoms with Gasteiger partial charge in [0.1, 0.15) is 5.69 Å². The SMILES string of the molecule is C=NC=c1ccc(=C(c2ccc(N(C)C)cc2)c2ccc([N+](C)(C)CC)cc2)cc1. The molecule has 3 aromatic rings. The Labute approximate surface area is 180 Å². The number of hydrogen-bond donors (Lipinski definition) is 0. The highest BCUT2D eigenvalue weighted by Gasteiger charge is 2.16. The van der Waals surface area contributed by atoms with Crippen molar-refractivity contribution in [1.29, 1.82) is 0 Å². The summed E-state index contributed by atoms with van der Waals surface area (Å²) >= 11 is 0. The van der Waals surface area contributed by atoms with Gasteiger partial charge in [-0.1, -0.05) is 36.4 Å². The van der Waals surface area contributed by atoms with Crippen molar-refractivity contribution >= 4 is 29.9 Å². The minimum absolute atomic E-state index is 0.867. The summed E-state index contributed by atoms with van der Waals surface area (Å²) in [6.07, 6.45) is 1.77. The monoisotopic (exact) mass is 398 g/mol. The third-order valence-corrected chi connectivity index (χ3v) is 5.76. The van der Waals surface area contributed by atoms with Crippen molar-refractivity contribution in [3.8, 4) is 0 Å². The second kappa shape index (κ2) is 9.10. The van der Waals surface area contributed by atoms with E-state index in [0.29, 0.717) is 0 Å². The van der Waals surface area contributed by atoms with E-state index in [0.717, 1.165) is 16.2 Å². The standard InChI is InChI=1S/C27H32N3/c1-7-30(5,6)26-18-14-24(15-19-26)27(22-10-8-21(9-11-22)20-28-2)23-12-16-25(17-13-23)29(3)4/h8-20H,2,7H2,1,3-6H3/q+1. The lowest BCUT2D eigenvalue weighted by Crippen LogP contribution is -2.39. The number of aliphatic imine (C=N–C) groups is 1. The predicted octanol–water partition coefficient (Wildman–Crippen LogP) is 4.03. The van der Waals surface area contributed by atoms with E-state index in [-0.39, 0.29) is 0 Å². The molecule has 0 atom stereocenters. The van der Waals surface area contributed by atoms with Crippen molar-refractivity contribution < 1.29 is 0 Å². The summed E-state index contributed by atoms with van der Waals surface area (Å²) in [5, 5.41) is 2.24. The summed E-state index contributed by atoms with van der Waals surface area (Å²) in [7, 11) is 8.61. The van der Waals surface area contributed by atoms with E-state index in [1.165, 1.54) is 33.3 Å². The number of quaternary nitrogens is 1. The van der Waals surface area contributed by atoms with Gasteiger partial charge in [0.25, 0.3) is 0 Å².